The molecule has 0 aliphatic rings. The Morgan fingerprint density at radius 1 is 0.824 bits per heavy atom. The van der Waals surface area contributed by atoms with Crippen LogP contribution >= 0.6 is 12.2 Å². The summed E-state index contributed by atoms with van der Waals surface area (Å²) in [5, 5.41) is 0. The van der Waals surface area contributed by atoms with Crippen LogP contribution in [0.5, 0.6) is 0 Å². The van der Waals surface area contributed by atoms with E-state index in [9.17, 15) is 0 Å². The normalized spacial score (nSPS) is 9.18. The molecule has 2 rings (SSSR count). The van der Waals surface area contributed by atoms with Crippen molar-refractivity contribution in [3.8, 4) is 0 Å². The summed E-state index contributed by atoms with van der Waals surface area (Å²) >= 11 is 10.2. The summed E-state index contributed by atoms with van der Waals surface area (Å²) in [5.74, 6) is 0. The van der Waals surface area contributed by atoms with Gasteiger partial charge in [-0.1, -0.05) is 40.7 Å². The van der Waals surface area contributed by atoms with E-state index in [1.54, 1.807) is 0 Å². The minimum absolute atomic E-state index is 0. The molecule has 2 aromatic carbocycles. The molecule has 0 heterocycles. The van der Waals surface area contributed by atoms with Crippen molar-refractivity contribution in [2.45, 2.75) is 0 Å². The van der Waals surface area contributed by atoms with Crippen LogP contribution in [0, 0.1) is 0 Å². The SMILES string of the molecule is S=C([S-])N(c1ccccc1)c1ccccc1.[Cs+]. The Balaban J connectivity index is 0.00000144. The molecule has 0 amide bonds. The molecule has 0 saturated carbocycles. The predicted octanol–water partition coefficient (Wildman–Crippen LogP) is 0.660. The van der Waals surface area contributed by atoms with Gasteiger partial charge in [0, 0.05) is 11.4 Å². The Labute approximate surface area is 171 Å². The first kappa shape index (κ1) is 15.7. The number of rotatable bonds is 2. The summed E-state index contributed by atoms with van der Waals surface area (Å²) in [6.45, 7) is 0. The van der Waals surface area contributed by atoms with Gasteiger partial charge in [0.1, 0.15) is 0 Å². The molecule has 0 spiro atoms. The summed E-state index contributed by atoms with van der Waals surface area (Å²) in [7, 11) is 0. The van der Waals surface area contributed by atoms with Crippen LogP contribution in [0.4, 0.5) is 11.4 Å². The van der Waals surface area contributed by atoms with Crippen molar-refractivity contribution < 1.29 is 68.9 Å². The Morgan fingerprint density at radius 3 is 1.47 bits per heavy atom. The first-order chi connectivity index (χ1) is 7.79. The summed E-state index contributed by atoms with van der Waals surface area (Å²) in [5.41, 5.74) is 1.99. The number of anilines is 2. The summed E-state index contributed by atoms with van der Waals surface area (Å²) in [4.78, 5) is 1.88. The summed E-state index contributed by atoms with van der Waals surface area (Å²) < 4.78 is 0.428. The van der Waals surface area contributed by atoms with Crippen molar-refractivity contribution in [2.24, 2.45) is 0 Å². The van der Waals surface area contributed by atoms with E-state index in [1.165, 1.54) is 0 Å². The van der Waals surface area contributed by atoms with Crippen LogP contribution in [0.25, 0.3) is 0 Å². The van der Waals surface area contributed by atoms with Gasteiger partial charge in [-0.3, -0.25) is 0 Å². The Hall–Kier alpha value is 0.602. The van der Waals surface area contributed by atoms with E-state index < -0.39 is 0 Å². The number of hydrogen-bond donors (Lipinski definition) is 0. The van der Waals surface area contributed by atoms with E-state index in [-0.39, 0.29) is 68.9 Å². The van der Waals surface area contributed by atoms with Crippen molar-refractivity contribution >= 4 is 40.5 Å². The van der Waals surface area contributed by atoms with Gasteiger partial charge >= 0.3 is 68.9 Å². The second-order valence-corrected chi connectivity index (χ2v) is 4.30. The second-order valence-electron chi connectivity index (χ2n) is 3.27. The number of benzene rings is 2. The monoisotopic (exact) mass is 377 g/mol. The van der Waals surface area contributed by atoms with Crippen LogP contribution in [0.2, 0.25) is 0 Å². The summed E-state index contributed by atoms with van der Waals surface area (Å²) in [6.07, 6.45) is 0. The van der Waals surface area contributed by atoms with Crippen LogP contribution in [0.15, 0.2) is 60.7 Å². The topological polar surface area (TPSA) is 3.24 Å². The second kappa shape index (κ2) is 7.91. The molecule has 0 bridgehead atoms. The van der Waals surface area contributed by atoms with Crippen LogP contribution in [-0.4, -0.2) is 4.32 Å². The standard InChI is InChI=1S/C13H11NS2.Cs/c15-13(16)14(11-7-3-1-4-8-11)12-9-5-2-6-10-12;/h1-10H,(H,15,16);/q;+1/p-1. The maximum atomic E-state index is 5.12. The number of thiocarbonyl (C=S) groups is 1. The molecule has 80 valence electrons. The molecule has 0 fully saturated rings. The molecule has 0 aliphatic heterocycles. The molecule has 0 atom stereocenters. The van der Waals surface area contributed by atoms with Gasteiger partial charge in [0.2, 0.25) is 0 Å². The number of nitrogens with zero attached hydrogens (tertiary/aromatic N) is 1. The van der Waals surface area contributed by atoms with Crippen molar-refractivity contribution in [2.75, 3.05) is 4.90 Å². The van der Waals surface area contributed by atoms with Crippen LogP contribution in [0.1, 0.15) is 0 Å². The van der Waals surface area contributed by atoms with E-state index in [4.69, 9.17) is 24.8 Å². The smallest absolute Gasteiger partial charge is 0.411 e. The molecule has 0 saturated heterocycles. The van der Waals surface area contributed by atoms with Crippen molar-refractivity contribution in [1.29, 1.82) is 0 Å². The molecule has 0 aliphatic carbocycles. The Bertz CT molecular complexity index is 434. The molecule has 4 heteroatoms. The van der Waals surface area contributed by atoms with E-state index in [0.29, 0.717) is 4.32 Å². The maximum absolute atomic E-state index is 5.12. The molecule has 2 aromatic rings. The number of para-hydroxylation sites is 2. The quantitative estimate of drug-likeness (QED) is 0.560. The van der Waals surface area contributed by atoms with E-state index in [2.05, 4.69) is 0 Å². The third-order valence-corrected chi connectivity index (χ3v) is 2.58. The average Bonchev–Trinajstić information content (AvgIpc) is 2.31. The minimum atomic E-state index is 0. The van der Waals surface area contributed by atoms with Crippen molar-refractivity contribution in [1.82, 2.24) is 0 Å². The van der Waals surface area contributed by atoms with E-state index in [0.717, 1.165) is 11.4 Å². The van der Waals surface area contributed by atoms with Crippen molar-refractivity contribution in [3.63, 3.8) is 0 Å². The maximum Gasteiger partial charge on any atom is 1.00 e. The molecule has 0 unspecified atom stereocenters. The third-order valence-electron chi connectivity index (χ3n) is 2.21. The van der Waals surface area contributed by atoms with Crippen molar-refractivity contribution in [3.05, 3.63) is 60.7 Å². The van der Waals surface area contributed by atoms with Crippen LogP contribution in [-0.2, 0) is 12.6 Å². The largest absolute Gasteiger partial charge is 1.00 e. The molecule has 0 radical (unpaired) electrons. The van der Waals surface area contributed by atoms with Gasteiger partial charge in [-0.05, 0) is 24.3 Å². The Kier molecular flexibility index (Phi) is 7.29. The van der Waals surface area contributed by atoms with E-state index >= 15 is 0 Å². The Morgan fingerprint density at radius 2 is 1.18 bits per heavy atom. The van der Waals surface area contributed by atoms with Gasteiger partial charge in [-0.2, -0.15) is 0 Å². The zero-order valence-corrected chi connectivity index (χ0v) is 17.5. The zero-order valence-electron chi connectivity index (χ0n) is 9.54. The van der Waals surface area contributed by atoms with Gasteiger partial charge in [0.05, 0.1) is 0 Å². The fourth-order valence-corrected chi connectivity index (χ4v) is 1.94. The van der Waals surface area contributed by atoms with Gasteiger partial charge in [-0.25, -0.2) is 0 Å². The van der Waals surface area contributed by atoms with Gasteiger partial charge < -0.3 is 29.7 Å². The van der Waals surface area contributed by atoms with E-state index in [1.807, 2.05) is 65.6 Å². The third kappa shape index (κ3) is 4.33. The van der Waals surface area contributed by atoms with Gasteiger partial charge in [-0.15, -0.1) is 0 Å². The molecular weight excluding hydrogens is 367 g/mol. The minimum Gasteiger partial charge on any atom is -0.411 e. The van der Waals surface area contributed by atoms with Gasteiger partial charge in [0.25, 0.3) is 0 Å². The molecule has 17 heavy (non-hydrogen) atoms. The first-order valence-corrected chi connectivity index (χ1v) is 5.72. The zero-order chi connectivity index (χ0) is 11.4. The predicted molar refractivity (Wildman–Crippen MR) is 75.0 cm³/mol. The molecular formula is C13H10CsNS2. The van der Waals surface area contributed by atoms with Crippen LogP contribution < -0.4 is 73.8 Å². The molecule has 0 aromatic heterocycles. The van der Waals surface area contributed by atoms with Gasteiger partial charge in [0.15, 0.2) is 0 Å². The first-order valence-electron chi connectivity index (χ1n) is 4.90. The summed E-state index contributed by atoms with van der Waals surface area (Å²) in [6, 6.07) is 19.8. The van der Waals surface area contributed by atoms with Crippen LogP contribution in [0.3, 0.4) is 0 Å². The molecule has 1 nitrogen and oxygen atoms in total. The molecule has 0 N–H and O–H groups in total. The average molecular weight is 377 g/mol. The number of hydrogen-bond acceptors (Lipinski definition) is 2. The fraction of sp³-hybridized carbons (Fsp3) is 0. The fourth-order valence-electron chi connectivity index (χ4n) is 1.51.